The number of alkyl carbamates (subject to hydrolysis) is 1. The minimum absolute atomic E-state index is 0.0317. The highest BCUT2D eigenvalue weighted by Gasteiger charge is 2.48. The predicted molar refractivity (Wildman–Crippen MR) is 130 cm³/mol. The molecule has 3 aromatic rings. The van der Waals surface area contributed by atoms with E-state index in [4.69, 9.17) is 4.74 Å². The number of aryl methyl sites for hydroxylation is 1. The average Bonchev–Trinajstić information content (AvgIpc) is 3.58. The third-order valence-electron chi connectivity index (χ3n) is 6.95. The van der Waals surface area contributed by atoms with Crippen molar-refractivity contribution in [3.05, 3.63) is 72.1 Å². The number of fused-ring (bicyclic) bond motifs is 1. The molecule has 3 atom stereocenters. The normalized spacial score (nSPS) is 21.6. The molecule has 0 bridgehead atoms. The second-order valence-corrected chi connectivity index (χ2v) is 9.44. The summed E-state index contributed by atoms with van der Waals surface area (Å²) in [6, 6.07) is 15.5. The van der Waals surface area contributed by atoms with Gasteiger partial charge in [-0.05, 0) is 47.6 Å². The number of hydrogen-bond acceptors (Lipinski definition) is 4. The van der Waals surface area contributed by atoms with Crippen molar-refractivity contribution < 1.29 is 14.3 Å². The summed E-state index contributed by atoms with van der Waals surface area (Å²) >= 11 is 0. The minimum Gasteiger partial charge on any atom is -0.445 e. The van der Waals surface area contributed by atoms with Crippen LogP contribution in [-0.2, 0) is 23.2 Å². The van der Waals surface area contributed by atoms with Crippen LogP contribution in [0.5, 0.6) is 0 Å². The number of benzene rings is 2. The van der Waals surface area contributed by atoms with Gasteiger partial charge in [0.1, 0.15) is 6.61 Å². The number of rotatable bonds is 5. The molecule has 0 spiro atoms. The van der Waals surface area contributed by atoms with Crippen LogP contribution in [0.4, 0.5) is 10.5 Å². The summed E-state index contributed by atoms with van der Waals surface area (Å²) in [5, 5.41) is 7.42. The van der Waals surface area contributed by atoms with Crippen molar-refractivity contribution >= 4 is 17.7 Å². The maximum Gasteiger partial charge on any atom is 0.407 e. The number of carbonyl (C=O) groups is 2. The third kappa shape index (κ3) is 4.30. The monoisotopic (exact) mass is 458 g/mol. The van der Waals surface area contributed by atoms with Crippen molar-refractivity contribution in [2.75, 3.05) is 4.90 Å². The third-order valence-corrected chi connectivity index (χ3v) is 6.95. The zero-order valence-corrected chi connectivity index (χ0v) is 19.8. The molecule has 0 radical (unpaired) electrons. The first-order chi connectivity index (χ1) is 16.4. The first-order valence-corrected chi connectivity index (χ1v) is 11.8. The van der Waals surface area contributed by atoms with E-state index in [1.165, 1.54) is 0 Å². The highest BCUT2D eigenvalue weighted by molar-refractivity contribution is 5.94. The van der Waals surface area contributed by atoms with Gasteiger partial charge in [0.25, 0.3) is 0 Å². The number of hydrogen-bond donors (Lipinski definition) is 1. The van der Waals surface area contributed by atoms with Gasteiger partial charge in [-0.25, -0.2) is 4.79 Å². The lowest BCUT2D eigenvalue weighted by Crippen LogP contribution is -2.53. The lowest BCUT2D eigenvalue weighted by atomic mass is 9.79. The van der Waals surface area contributed by atoms with Crippen molar-refractivity contribution in [1.82, 2.24) is 15.1 Å². The van der Waals surface area contributed by atoms with Gasteiger partial charge >= 0.3 is 6.09 Å². The van der Waals surface area contributed by atoms with E-state index >= 15 is 0 Å². The first-order valence-electron chi connectivity index (χ1n) is 11.8. The number of nitrogens with zero attached hydrogens (tertiary/aromatic N) is 3. The molecular formula is C27H30N4O3. The molecule has 5 rings (SSSR count). The van der Waals surface area contributed by atoms with Crippen LogP contribution in [0.15, 0.2) is 60.9 Å². The van der Waals surface area contributed by atoms with E-state index in [9.17, 15) is 9.59 Å². The molecule has 2 aliphatic rings. The minimum atomic E-state index is -0.454. The molecule has 1 fully saturated rings. The van der Waals surface area contributed by atoms with Gasteiger partial charge in [0.2, 0.25) is 5.91 Å². The second-order valence-electron chi connectivity index (χ2n) is 9.44. The number of ether oxygens (including phenoxy) is 1. The van der Waals surface area contributed by atoms with E-state index in [0.29, 0.717) is 5.92 Å². The van der Waals surface area contributed by atoms with Gasteiger partial charge < -0.3 is 15.0 Å². The molecule has 34 heavy (non-hydrogen) atoms. The molecule has 1 N–H and O–H groups in total. The Labute approximate surface area is 199 Å². The lowest BCUT2D eigenvalue weighted by Gasteiger charge is -2.45. The smallest absolute Gasteiger partial charge is 0.407 e. The molecule has 1 aliphatic carbocycles. The van der Waals surface area contributed by atoms with Crippen LogP contribution in [0.25, 0.3) is 11.1 Å². The second kappa shape index (κ2) is 8.97. The summed E-state index contributed by atoms with van der Waals surface area (Å²) in [7, 11) is 1.88. The largest absolute Gasteiger partial charge is 0.445 e. The molecule has 2 aromatic carbocycles. The first kappa shape index (κ1) is 22.2. The number of carbonyl (C=O) groups excluding carboxylic acids is 2. The maximum absolute atomic E-state index is 12.9. The van der Waals surface area contributed by atoms with Crippen molar-refractivity contribution in [3.63, 3.8) is 0 Å². The van der Waals surface area contributed by atoms with Crippen LogP contribution < -0.4 is 10.2 Å². The van der Waals surface area contributed by atoms with Crippen LogP contribution in [0.3, 0.4) is 0 Å². The number of aromatic nitrogens is 2. The lowest BCUT2D eigenvalue weighted by molar-refractivity contribution is -0.117. The Bertz CT molecular complexity index is 1200. The molecule has 1 saturated carbocycles. The zero-order chi connectivity index (χ0) is 23.8. The highest BCUT2D eigenvalue weighted by Crippen LogP contribution is 2.49. The van der Waals surface area contributed by atoms with E-state index in [2.05, 4.69) is 23.4 Å². The average molecular weight is 459 g/mol. The molecule has 1 aliphatic heterocycles. The van der Waals surface area contributed by atoms with Crippen molar-refractivity contribution in [2.45, 2.75) is 45.4 Å². The SMILES string of the molecule is CC(=O)N1c2ccc(-c3cnn(C)c3)cc2[C@H](NC(=O)OCc2ccccc2)[C@@H](C)C1C1CC1. The Morgan fingerprint density at radius 1 is 1.12 bits per heavy atom. The molecule has 0 saturated heterocycles. The Morgan fingerprint density at radius 3 is 2.53 bits per heavy atom. The van der Waals surface area contributed by atoms with E-state index in [-0.39, 0.29) is 30.5 Å². The van der Waals surface area contributed by atoms with Crippen LogP contribution in [0, 0.1) is 11.8 Å². The highest BCUT2D eigenvalue weighted by atomic mass is 16.5. The van der Waals surface area contributed by atoms with Crippen molar-refractivity contribution in [3.8, 4) is 11.1 Å². The van der Waals surface area contributed by atoms with E-state index in [1.807, 2.05) is 66.8 Å². The Kier molecular flexibility index (Phi) is 5.86. The molecule has 7 heteroatoms. The van der Waals surface area contributed by atoms with Gasteiger partial charge in [-0.2, -0.15) is 5.10 Å². The van der Waals surface area contributed by atoms with E-state index < -0.39 is 6.09 Å². The summed E-state index contributed by atoms with van der Waals surface area (Å²) in [6.07, 6.45) is 5.53. The van der Waals surface area contributed by atoms with Gasteiger partial charge in [-0.3, -0.25) is 9.48 Å². The summed E-state index contributed by atoms with van der Waals surface area (Å²) in [5.41, 5.74) is 4.72. The molecule has 2 amide bonds. The van der Waals surface area contributed by atoms with Crippen LogP contribution >= 0.6 is 0 Å². The van der Waals surface area contributed by atoms with Gasteiger partial charge in [-0.1, -0.05) is 43.3 Å². The summed E-state index contributed by atoms with van der Waals surface area (Å²) < 4.78 is 7.32. The summed E-state index contributed by atoms with van der Waals surface area (Å²) in [4.78, 5) is 27.6. The standard InChI is InChI=1S/C27H30N4O3/c1-17-25(29-27(33)34-16-19-7-5-4-6-8-19)23-13-21(22-14-28-30(3)15-22)11-12-24(23)31(18(2)32)26(17)20-9-10-20/h4-8,11-15,17,20,25-26H,9-10,16H2,1-3H3,(H,29,33)/t17-,25-,26?/m1/s1. The van der Waals surface area contributed by atoms with Gasteiger partial charge in [-0.15, -0.1) is 0 Å². The van der Waals surface area contributed by atoms with Crippen molar-refractivity contribution in [2.24, 2.45) is 18.9 Å². The van der Waals surface area contributed by atoms with E-state index in [1.54, 1.807) is 11.6 Å². The van der Waals surface area contributed by atoms with Crippen LogP contribution in [0.2, 0.25) is 0 Å². The Balaban J connectivity index is 1.48. The van der Waals surface area contributed by atoms with Crippen LogP contribution in [-0.4, -0.2) is 27.8 Å². The van der Waals surface area contributed by atoms with Crippen molar-refractivity contribution in [1.29, 1.82) is 0 Å². The summed E-state index contributed by atoms with van der Waals surface area (Å²) in [5.74, 6) is 0.524. The van der Waals surface area contributed by atoms with Gasteiger partial charge in [0, 0.05) is 43.4 Å². The fourth-order valence-corrected chi connectivity index (χ4v) is 5.21. The number of nitrogens with one attached hydrogen (secondary N) is 1. The Morgan fingerprint density at radius 2 is 1.88 bits per heavy atom. The predicted octanol–water partition coefficient (Wildman–Crippen LogP) is 4.84. The molecule has 1 unspecified atom stereocenters. The Hall–Kier alpha value is -3.61. The number of amides is 2. The number of anilines is 1. The molecule has 1 aromatic heterocycles. The molecular weight excluding hydrogens is 428 g/mol. The summed E-state index contributed by atoms with van der Waals surface area (Å²) in [6.45, 7) is 3.96. The molecule has 176 valence electrons. The van der Waals surface area contributed by atoms with Crippen LogP contribution in [0.1, 0.15) is 43.9 Å². The zero-order valence-electron chi connectivity index (χ0n) is 19.8. The van der Waals surface area contributed by atoms with Gasteiger partial charge in [0.05, 0.1) is 12.2 Å². The molecule has 2 heterocycles. The van der Waals surface area contributed by atoms with E-state index in [0.717, 1.165) is 40.8 Å². The quantitative estimate of drug-likeness (QED) is 0.594. The molecule has 7 nitrogen and oxygen atoms in total. The topological polar surface area (TPSA) is 76.5 Å². The maximum atomic E-state index is 12.9. The fourth-order valence-electron chi connectivity index (χ4n) is 5.21. The fraction of sp³-hybridized carbons (Fsp3) is 0.370. The van der Waals surface area contributed by atoms with Gasteiger partial charge in [0.15, 0.2) is 0 Å².